The zero-order chi connectivity index (χ0) is 24.4. The molecule has 1 aliphatic heterocycles. The fraction of sp³-hybridized carbons (Fsp3) is 0.786. The van der Waals surface area contributed by atoms with Crippen molar-refractivity contribution in [2.45, 2.75) is 96.7 Å². The minimum Gasteiger partial charge on any atom is -0.497 e. The molecule has 0 amide bonds. The first kappa shape index (κ1) is 25.4. The standard InChI is InChI=1S/C28H43NO5/c1-20(30)33-19-34-22(11-16-29)8-13-26(2)12-4-7-25-24(26)9-14-27(3)23(10-15-28(25,27)31)21-6-5-17-32-18-21/h5-6,16,18,22-25,29,31H,4,7-15,17,19H2,1-3H3/t22-,23+,24-,25+,26+,27+,28-/m0/s1. The Morgan fingerprint density at radius 1 is 1.26 bits per heavy atom. The number of nitrogens with one attached hydrogen (secondary N) is 1. The molecule has 0 aromatic carbocycles. The molecule has 0 saturated heterocycles. The topological polar surface area (TPSA) is 88.8 Å². The van der Waals surface area contributed by atoms with E-state index in [1.807, 2.05) is 6.26 Å². The second-order valence-electron chi connectivity index (χ2n) is 11.6. The molecule has 4 rings (SSSR count). The van der Waals surface area contributed by atoms with Crippen LogP contribution in [0.1, 0.15) is 85.0 Å². The molecule has 3 aliphatic carbocycles. The number of esters is 1. The molecule has 0 aromatic heterocycles. The van der Waals surface area contributed by atoms with E-state index in [1.165, 1.54) is 25.1 Å². The molecule has 190 valence electrons. The SMILES string of the molecule is CC(=O)OCO[C@H](CC=N)CC[C@@]1(C)CCC[C@@H]2[C@@H]1CC[C@]1(C)[C@@H](C3=COCC=C3)CC[C@]21O. The third-order valence-electron chi connectivity index (χ3n) is 9.91. The Bertz CT molecular complexity index is 824. The van der Waals surface area contributed by atoms with Crippen molar-refractivity contribution in [1.82, 2.24) is 0 Å². The maximum Gasteiger partial charge on any atom is 0.304 e. The molecule has 0 aromatic rings. The minimum absolute atomic E-state index is 0.0515. The van der Waals surface area contributed by atoms with Crippen molar-refractivity contribution in [1.29, 1.82) is 5.41 Å². The Hall–Kier alpha value is -1.66. The monoisotopic (exact) mass is 473 g/mol. The maximum atomic E-state index is 12.3. The normalized spacial score (nSPS) is 39.9. The second kappa shape index (κ2) is 10.1. The van der Waals surface area contributed by atoms with Gasteiger partial charge in [-0.2, -0.15) is 0 Å². The first-order valence-corrected chi connectivity index (χ1v) is 13.2. The van der Waals surface area contributed by atoms with E-state index in [0.29, 0.717) is 30.8 Å². The van der Waals surface area contributed by atoms with Crippen molar-refractivity contribution < 1.29 is 24.1 Å². The highest BCUT2D eigenvalue weighted by Gasteiger charge is 2.66. The van der Waals surface area contributed by atoms with E-state index in [4.69, 9.17) is 19.6 Å². The van der Waals surface area contributed by atoms with Gasteiger partial charge in [-0.3, -0.25) is 4.79 Å². The zero-order valence-corrected chi connectivity index (χ0v) is 21.2. The van der Waals surface area contributed by atoms with Crippen LogP contribution in [-0.4, -0.2) is 42.4 Å². The van der Waals surface area contributed by atoms with Gasteiger partial charge in [0.1, 0.15) is 6.61 Å². The van der Waals surface area contributed by atoms with Crippen LogP contribution in [0.25, 0.3) is 0 Å². The summed E-state index contributed by atoms with van der Waals surface area (Å²) in [6.07, 6.45) is 17.4. The average molecular weight is 474 g/mol. The van der Waals surface area contributed by atoms with Gasteiger partial charge in [0.2, 0.25) is 0 Å². The van der Waals surface area contributed by atoms with Crippen LogP contribution < -0.4 is 0 Å². The summed E-state index contributed by atoms with van der Waals surface area (Å²) >= 11 is 0. The van der Waals surface area contributed by atoms with Crippen LogP contribution in [0, 0.1) is 34.0 Å². The van der Waals surface area contributed by atoms with E-state index in [9.17, 15) is 9.90 Å². The lowest BCUT2D eigenvalue weighted by molar-refractivity contribution is -0.190. The fourth-order valence-electron chi connectivity index (χ4n) is 8.02. The Balaban J connectivity index is 1.47. The van der Waals surface area contributed by atoms with Gasteiger partial charge >= 0.3 is 5.97 Å². The van der Waals surface area contributed by atoms with Gasteiger partial charge in [0.05, 0.1) is 18.0 Å². The Labute approximate surface area is 204 Å². The van der Waals surface area contributed by atoms with E-state index in [2.05, 4.69) is 26.0 Å². The average Bonchev–Trinajstić information content (AvgIpc) is 3.10. The van der Waals surface area contributed by atoms with Crippen LogP contribution in [0.15, 0.2) is 24.0 Å². The van der Waals surface area contributed by atoms with Gasteiger partial charge in [-0.15, -0.1) is 0 Å². The maximum absolute atomic E-state index is 12.3. The molecule has 34 heavy (non-hydrogen) atoms. The molecule has 6 heteroatoms. The third-order valence-corrected chi connectivity index (χ3v) is 9.91. The first-order valence-electron chi connectivity index (χ1n) is 13.2. The van der Waals surface area contributed by atoms with Gasteiger partial charge in [0.25, 0.3) is 0 Å². The highest BCUT2D eigenvalue weighted by Crippen LogP contribution is 2.68. The summed E-state index contributed by atoms with van der Waals surface area (Å²) in [6.45, 7) is 6.71. The van der Waals surface area contributed by atoms with Crippen molar-refractivity contribution in [3.63, 3.8) is 0 Å². The van der Waals surface area contributed by atoms with Gasteiger partial charge < -0.3 is 24.7 Å². The summed E-state index contributed by atoms with van der Waals surface area (Å²) in [5.74, 6) is 0.830. The fourth-order valence-corrected chi connectivity index (χ4v) is 8.02. The third kappa shape index (κ3) is 4.60. The van der Waals surface area contributed by atoms with Crippen molar-refractivity contribution in [2.24, 2.45) is 28.6 Å². The summed E-state index contributed by atoms with van der Waals surface area (Å²) in [5.41, 5.74) is 0.658. The predicted molar refractivity (Wildman–Crippen MR) is 131 cm³/mol. The summed E-state index contributed by atoms with van der Waals surface area (Å²) in [7, 11) is 0. The largest absolute Gasteiger partial charge is 0.497 e. The summed E-state index contributed by atoms with van der Waals surface area (Å²) in [6, 6.07) is 0. The molecule has 0 spiro atoms. The lowest BCUT2D eigenvalue weighted by Crippen LogP contribution is -2.60. The Morgan fingerprint density at radius 2 is 2.09 bits per heavy atom. The number of hydrogen-bond acceptors (Lipinski definition) is 6. The van der Waals surface area contributed by atoms with Crippen molar-refractivity contribution in [2.75, 3.05) is 13.4 Å². The molecule has 3 fully saturated rings. The number of rotatable bonds is 9. The first-order chi connectivity index (χ1) is 16.2. The lowest BCUT2D eigenvalue weighted by Gasteiger charge is -2.60. The number of aliphatic hydroxyl groups is 1. The molecule has 0 bridgehead atoms. The van der Waals surface area contributed by atoms with Crippen LogP contribution in [0.4, 0.5) is 0 Å². The minimum atomic E-state index is -0.630. The summed E-state index contributed by atoms with van der Waals surface area (Å²) < 4.78 is 16.4. The van der Waals surface area contributed by atoms with Crippen LogP contribution in [0.2, 0.25) is 0 Å². The molecule has 6 nitrogen and oxygen atoms in total. The van der Waals surface area contributed by atoms with Crippen LogP contribution in [-0.2, 0) is 19.0 Å². The van der Waals surface area contributed by atoms with Crippen molar-refractivity contribution in [3.8, 4) is 0 Å². The smallest absolute Gasteiger partial charge is 0.304 e. The molecule has 4 aliphatic rings. The number of allylic oxidation sites excluding steroid dienone is 2. The van der Waals surface area contributed by atoms with Gasteiger partial charge in [0.15, 0.2) is 6.79 Å². The molecule has 1 heterocycles. The van der Waals surface area contributed by atoms with E-state index in [0.717, 1.165) is 51.4 Å². The number of fused-ring (bicyclic) bond motifs is 3. The van der Waals surface area contributed by atoms with Gasteiger partial charge in [-0.1, -0.05) is 26.3 Å². The van der Waals surface area contributed by atoms with Crippen LogP contribution in [0.5, 0.6) is 0 Å². The molecule has 2 N–H and O–H groups in total. The molecule has 7 atom stereocenters. The molecule has 0 radical (unpaired) electrons. The van der Waals surface area contributed by atoms with Gasteiger partial charge in [0, 0.05) is 18.8 Å². The number of hydrogen-bond donors (Lipinski definition) is 2. The highest BCUT2D eigenvalue weighted by molar-refractivity contribution is 5.65. The zero-order valence-electron chi connectivity index (χ0n) is 21.2. The van der Waals surface area contributed by atoms with Gasteiger partial charge in [-0.25, -0.2) is 0 Å². The quantitative estimate of drug-likeness (QED) is 0.260. The summed E-state index contributed by atoms with van der Waals surface area (Å²) in [4.78, 5) is 11.1. The molecular weight excluding hydrogens is 430 g/mol. The Morgan fingerprint density at radius 3 is 2.79 bits per heavy atom. The van der Waals surface area contributed by atoms with Crippen LogP contribution >= 0.6 is 0 Å². The van der Waals surface area contributed by atoms with Gasteiger partial charge in [-0.05, 0) is 92.4 Å². The van der Waals surface area contributed by atoms with E-state index in [-0.39, 0.29) is 29.7 Å². The van der Waals surface area contributed by atoms with Crippen LogP contribution in [0.3, 0.4) is 0 Å². The number of carbonyl (C=O) groups excluding carboxylic acids is 1. The number of ether oxygens (including phenoxy) is 3. The second-order valence-corrected chi connectivity index (χ2v) is 11.6. The summed E-state index contributed by atoms with van der Waals surface area (Å²) in [5, 5.41) is 19.9. The van der Waals surface area contributed by atoms with E-state index < -0.39 is 5.60 Å². The van der Waals surface area contributed by atoms with E-state index >= 15 is 0 Å². The number of carbonyl (C=O) groups is 1. The predicted octanol–water partition coefficient (Wildman–Crippen LogP) is 5.55. The Kier molecular flexibility index (Phi) is 7.58. The van der Waals surface area contributed by atoms with Crippen molar-refractivity contribution in [3.05, 3.63) is 24.0 Å². The lowest BCUT2D eigenvalue weighted by atomic mass is 9.46. The molecule has 0 unspecified atom stereocenters. The van der Waals surface area contributed by atoms with Crippen molar-refractivity contribution >= 4 is 12.2 Å². The molecular formula is C28H43NO5. The highest BCUT2D eigenvalue weighted by atomic mass is 16.7. The van der Waals surface area contributed by atoms with E-state index in [1.54, 1.807) is 0 Å². The molecule has 3 saturated carbocycles.